The van der Waals surface area contributed by atoms with Crippen LogP contribution in [0, 0.1) is 11.8 Å². The fraction of sp³-hybridized carbons (Fsp3) is 0.250. The van der Waals surface area contributed by atoms with Gasteiger partial charge in [0.05, 0.1) is 18.4 Å². The zero-order valence-electron chi connectivity index (χ0n) is 15.0. The number of rotatable bonds is 6. The lowest BCUT2D eigenvalue weighted by Gasteiger charge is -2.11. The standard InChI is InChI=1S/C20H20N2O5/c1-11-8-15(11)19(24)21-13-5-3-4-12(9-13)18(23)22-17-7-6-14(27-2)10-16(17)20(25)26/h3-7,9-11,15H,8H2,1-2H3,(H,21,24)(H,22,23)(H,25,26). The number of anilines is 2. The van der Waals surface area contributed by atoms with Gasteiger partial charge in [-0.15, -0.1) is 0 Å². The minimum atomic E-state index is -1.18. The van der Waals surface area contributed by atoms with Gasteiger partial charge in [-0.25, -0.2) is 4.79 Å². The number of amides is 2. The molecule has 2 amide bonds. The number of hydrogen-bond acceptors (Lipinski definition) is 4. The molecule has 1 aliphatic rings. The summed E-state index contributed by atoms with van der Waals surface area (Å²) in [5.41, 5.74) is 0.924. The van der Waals surface area contributed by atoms with Crippen molar-refractivity contribution in [2.24, 2.45) is 11.8 Å². The fourth-order valence-electron chi connectivity index (χ4n) is 2.79. The lowest BCUT2D eigenvalue weighted by Crippen LogP contribution is -2.17. The first kappa shape index (κ1) is 18.4. The number of nitrogens with one attached hydrogen (secondary N) is 2. The first-order valence-electron chi connectivity index (χ1n) is 8.52. The van der Waals surface area contributed by atoms with Gasteiger partial charge >= 0.3 is 5.97 Å². The van der Waals surface area contributed by atoms with Crippen molar-refractivity contribution in [2.45, 2.75) is 13.3 Å². The molecule has 3 rings (SSSR count). The molecule has 2 aromatic rings. The Bertz CT molecular complexity index is 909. The Morgan fingerprint density at radius 3 is 2.48 bits per heavy atom. The maximum atomic E-state index is 12.5. The normalized spacial score (nSPS) is 17.7. The number of carboxylic acids is 1. The molecule has 0 spiro atoms. The van der Waals surface area contributed by atoms with Crippen LogP contribution in [0.3, 0.4) is 0 Å². The summed E-state index contributed by atoms with van der Waals surface area (Å²) in [6.45, 7) is 2.02. The van der Waals surface area contributed by atoms with Gasteiger partial charge < -0.3 is 20.5 Å². The predicted octanol–water partition coefficient (Wildman–Crippen LogP) is 3.24. The van der Waals surface area contributed by atoms with Crippen molar-refractivity contribution in [3.8, 4) is 5.75 Å². The Kier molecular flexibility index (Phi) is 5.12. The van der Waals surface area contributed by atoms with Crippen LogP contribution < -0.4 is 15.4 Å². The van der Waals surface area contributed by atoms with Crippen molar-refractivity contribution in [3.05, 3.63) is 53.6 Å². The minimum Gasteiger partial charge on any atom is -0.497 e. The Morgan fingerprint density at radius 2 is 1.85 bits per heavy atom. The van der Waals surface area contributed by atoms with E-state index >= 15 is 0 Å². The maximum absolute atomic E-state index is 12.5. The molecule has 3 N–H and O–H groups in total. The van der Waals surface area contributed by atoms with Crippen molar-refractivity contribution in [1.29, 1.82) is 0 Å². The van der Waals surface area contributed by atoms with Gasteiger partial charge in [-0.05, 0) is 48.7 Å². The number of aromatic carboxylic acids is 1. The van der Waals surface area contributed by atoms with Crippen LogP contribution in [0.25, 0.3) is 0 Å². The summed E-state index contributed by atoms with van der Waals surface area (Å²) >= 11 is 0. The van der Waals surface area contributed by atoms with Crippen LogP contribution in [0.5, 0.6) is 5.75 Å². The summed E-state index contributed by atoms with van der Waals surface area (Å²) in [5, 5.41) is 14.7. The number of methoxy groups -OCH3 is 1. The molecule has 1 fully saturated rings. The molecule has 0 bridgehead atoms. The van der Waals surface area contributed by atoms with E-state index in [4.69, 9.17) is 4.74 Å². The summed E-state index contributed by atoms with van der Waals surface area (Å²) < 4.78 is 5.02. The SMILES string of the molecule is COc1ccc(NC(=O)c2cccc(NC(=O)C3CC3C)c2)c(C(=O)O)c1. The average molecular weight is 368 g/mol. The van der Waals surface area contributed by atoms with Crippen molar-refractivity contribution in [2.75, 3.05) is 17.7 Å². The molecule has 1 saturated carbocycles. The van der Waals surface area contributed by atoms with Gasteiger partial charge in [0.15, 0.2) is 0 Å². The molecule has 0 aromatic heterocycles. The van der Waals surface area contributed by atoms with Crippen LogP contribution in [0.15, 0.2) is 42.5 Å². The Labute approximate surface area is 156 Å². The summed E-state index contributed by atoms with van der Waals surface area (Å²) in [6.07, 6.45) is 0.876. The van der Waals surface area contributed by atoms with Crippen LogP contribution in [-0.4, -0.2) is 30.0 Å². The van der Waals surface area contributed by atoms with Crippen LogP contribution in [-0.2, 0) is 4.79 Å². The highest BCUT2D eigenvalue weighted by atomic mass is 16.5. The topological polar surface area (TPSA) is 105 Å². The van der Waals surface area contributed by atoms with E-state index in [9.17, 15) is 19.5 Å². The van der Waals surface area contributed by atoms with Gasteiger partial charge in [0.1, 0.15) is 5.75 Å². The van der Waals surface area contributed by atoms with E-state index in [0.717, 1.165) is 6.42 Å². The molecule has 0 saturated heterocycles. The van der Waals surface area contributed by atoms with Gasteiger partial charge in [0.25, 0.3) is 5.91 Å². The summed E-state index contributed by atoms with van der Waals surface area (Å²) in [4.78, 5) is 36.0. The number of carbonyl (C=O) groups excluding carboxylic acids is 2. The van der Waals surface area contributed by atoms with Gasteiger partial charge in [-0.3, -0.25) is 9.59 Å². The molecule has 0 heterocycles. The third kappa shape index (κ3) is 4.25. The van der Waals surface area contributed by atoms with E-state index in [1.54, 1.807) is 30.3 Å². The van der Waals surface area contributed by atoms with Crippen molar-refractivity contribution < 1.29 is 24.2 Å². The van der Waals surface area contributed by atoms with Gasteiger partial charge in [-0.1, -0.05) is 13.0 Å². The molecule has 1 aliphatic carbocycles. The van der Waals surface area contributed by atoms with E-state index in [0.29, 0.717) is 22.9 Å². The first-order valence-corrected chi connectivity index (χ1v) is 8.52. The highest BCUT2D eigenvalue weighted by Gasteiger charge is 2.39. The second-order valence-electron chi connectivity index (χ2n) is 6.56. The maximum Gasteiger partial charge on any atom is 0.337 e. The molecular formula is C20H20N2O5. The molecule has 0 aliphatic heterocycles. The zero-order chi connectivity index (χ0) is 19.6. The minimum absolute atomic E-state index is 0.0277. The molecule has 2 aromatic carbocycles. The second kappa shape index (κ2) is 7.49. The highest BCUT2D eigenvalue weighted by molar-refractivity contribution is 6.08. The van der Waals surface area contributed by atoms with Gasteiger partial charge in [-0.2, -0.15) is 0 Å². The number of ether oxygens (including phenoxy) is 1. The number of carboxylic acid groups (broad SMARTS) is 1. The van der Waals surface area contributed by atoms with Crippen molar-refractivity contribution >= 4 is 29.2 Å². The molecule has 2 atom stereocenters. The van der Waals surface area contributed by atoms with Gasteiger partial charge in [0, 0.05) is 17.2 Å². The van der Waals surface area contributed by atoms with Crippen molar-refractivity contribution in [3.63, 3.8) is 0 Å². The van der Waals surface area contributed by atoms with E-state index in [1.165, 1.54) is 19.2 Å². The smallest absolute Gasteiger partial charge is 0.337 e. The highest BCUT2D eigenvalue weighted by Crippen LogP contribution is 2.38. The largest absolute Gasteiger partial charge is 0.497 e. The molecule has 27 heavy (non-hydrogen) atoms. The molecule has 2 unspecified atom stereocenters. The predicted molar refractivity (Wildman–Crippen MR) is 100 cm³/mol. The van der Waals surface area contributed by atoms with Gasteiger partial charge in [0.2, 0.25) is 5.91 Å². The zero-order valence-corrected chi connectivity index (χ0v) is 15.0. The third-order valence-electron chi connectivity index (χ3n) is 4.54. The molecule has 7 heteroatoms. The summed E-state index contributed by atoms with van der Waals surface area (Å²) in [7, 11) is 1.43. The number of hydrogen-bond donors (Lipinski definition) is 3. The Balaban J connectivity index is 1.76. The summed E-state index contributed by atoms with van der Waals surface area (Å²) in [6, 6.07) is 10.9. The average Bonchev–Trinajstić information content (AvgIpc) is 3.39. The number of carbonyl (C=O) groups is 3. The van der Waals surface area contributed by atoms with E-state index in [1.807, 2.05) is 6.92 Å². The van der Waals surface area contributed by atoms with Crippen molar-refractivity contribution in [1.82, 2.24) is 0 Å². The van der Waals surface area contributed by atoms with E-state index < -0.39 is 11.9 Å². The van der Waals surface area contributed by atoms with E-state index in [-0.39, 0.29) is 23.1 Å². The van der Waals surface area contributed by atoms with Crippen LogP contribution in [0.1, 0.15) is 34.1 Å². The van der Waals surface area contributed by atoms with Crippen LogP contribution in [0.4, 0.5) is 11.4 Å². The first-order chi connectivity index (χ1) is 12.9. The third-order valence-corrected chi connectivity index (χ3v) is 4.54. The quantitative estimate of drug-likeness (QED) is 0.726. The molecule has 0 radical (unpaired) electrons. The molecule has 7 nitrogen and oxygen atoms in total. The number of benzene rings is 2. The van der Waals surface area contributed by atoms with Crippen LogP contribution in [0.2, 0.25) is 0 Å². The Morgan fingerprint density at radius 1 is 1.11 bits per heavy atom. The monoisotopic (exact) mass is 368 g/mol. The lowest BCUT2D eigenvalue weighted by atomic mass is 10.1. The fourth-order valence-corrected chi connectivity index (χ4v) is 2.79. The lowest BCUT2D eigenvalue weighted by molar-refractivity contribution is -0.117. The molecule has 140 valence electrons. The van der Waals surface area contributed by atoms with E-state index in [2.05, 4.69) is 10.6 Å². The summed E-state index contributed by atoms with van der Waals surface area (Å²) in [5.74, 6) is -0.906. The molecular weight excluding hydrogens is 348 g/mol. The second-order valence-corrected chi connectivity index (χ2v) is 6.56. The van der Waals surface area contributed by atoms with Crippen LogP contribution >= 0.6 is 0 Å². The Hall–Kier alpha value is -3.35.